The number of carbonyl (C=O) groups is 1. The summed E-state index contributed by atoms with van der Waals surface area (Å²) < 4.78 is 6.88. The molecule has 1 aliphatic heterocycles. The zero-order valence-corrected chi connectivity index (χ0v) is 14.0. The Hall–Kier alpha value is -1.40. The summed E-state index contributed by atoms with van der Waals surface area (Å²) in [4.78, 5) is 14.7. The molecule has 0 spiro atoms. The number of ether oxygens (including phenoxy) is 1. The van der Waals surface area contributed by atoms with Gasteiger partial charge in [-0.05, 0) is 51.8 Å². The van der Waals surface area contributed by atoms with E-state index in [0.717, 1.165) is 51.3 Å². The molecule has 22 heavy (non-hydrogen) atoms. The Morgan fingerprint density at radius 3 is 2.82 bits per heavy atom. The summed E-state index contributed by atoms with van der Waals surface area (Å²) in [5.41, 5.74) is 1.55. The van der Waals surface area contributed by atoms with Crippen molar-refractivity contribution < 1.29 is 9.53 Å². The molecule has 1 saturated heterocycles. The van der Waals surface area contributed by atoms with Crippen LogP contribution < -0.4 is 5.32 Å². The fraction of sp³-hybridized carbons (Fsp3) is 0.750. The predicted octanol–water partition coefficient (Wildman–Crippen LogP) is 1.30. The van der Waals surface area contributed by atoms with Crippen molar-refractivity contribution in [2.75, 3.05) is 39.9 Å². The normalized spacial score (nSPS) is 16.9. The Balaban J connectivity index is 1.75. The first-order chi connectivity index (χ1) is 10.6. The first kappa shape index (κ1) is 17.0. The highest BCUT2D eigenvalue weighted by Gasteiger charge is 2.20. The van der Waals surface area contributed by atoms with Crippen LogP contribution in [0.15, 0.2) is 6.07 Å². The Bertz CT molecular complexity index is 478. The fourth-order valence-electron chi connectivity index (χ4n) is 2.93. The Labute approximate surface area is 132 Å². The van der Waals surface area contributed by atoms with Gasteiger partial charge in [0.15, 0.2) is 0 Å². The maximum Gasteiger partial charge on any atom is 0.269 e. The van der Waals surface area contributed by atoms with Gasteiger partial charge in [0.25, 0.3) is 5.91 Å². The summed E-state index contributed by atoms with van der Waals surface area (Å²) in [5, 5.41) is 7.39. The summed E-state index contributed by atoms with van der Waals surface area (Å²) in [6.45, 7) is 9.37. The van der Waals surface area contributed by atoms with Crippen LogP contribution in [-0.4, -0.2) is 60.5 Å². The van der Waals surface area contributed by atoms with Gasteiger partial charge < -0.3 is 15.0 Å². The molecule has 6 nitrogen and oxygen atoms in total. The van der Waals surface area contributed by atoms with E-state index in [1.165, 1.54) is 0 Å². The van der Waals surface area contributed by atoms with Gasteiger partial charge in [-0.25, -0.2) is 0 Å². The number of rotatable bonds is 7. The SMILES string of the molecule is CCn1nc(C)cc1C(=O)NCC1CCN(CCOC)CC1. The zero-order chi connectivity index (χ0) is 15.9. The summed E-state index contributed by atoms with van der Waals surface area (Å²) in [5.74, 6) is 0.561. The van der Waals surface area contributed by atoms with Gasteiger partial charge in [-0.1, -0.05) is 0 Å². The number of methoxy groups -OCH3 is 1. The lowest BCUT2D eigenvalue weighted by Gasteiger charge is -2.31. The van der Waals surface area contributed by atoms with Crippen molar-refractivity contribution in [3.63, 3.8) is 0 Å². The molecular formula is C16H28N4O2. The number of carbonyl (C=O) groups excluding carboxylic acids is 1. The molecule has 0 atom stereocenters. The van der Waals surface area contributed by atoms with Gasteiger partial charge >= 0.3 is 0 Å². The standard InChI is InChI=1S/C16H28N4O2/c1-4-20-15(11-13(2)18-20)16(21)17-12-14-5-7-19(8-6-14)9-10-22-3/h11,14H,4-10,12H2,1-3H3,(H,17,21). The van der Waals surface area contributed by atoms with E-state index in [2.05, 4.69) is 15.3 Å². The number of likely N-dealkylation sites (tertiary alicyclic amines) is 1. The molecule has 0 saturated carbocycles. The van der Waals surface area contributed by atoms with Crippen molar-refractivity contribution in [2.24, 2.45) is 5.92 Å². The average molecular weight is 308 g/mol. The number of aryl methyl sites for hydroxylation is 2. The maximum absolute atomic E-state index is 12.3. The van der Waals surface area contributed by atoms with Crippen LogP contribution in [0.4, 0.5) is 0 Å². The van der Waals surface area contributed by atoms with E-state index in [1.54, 1.807) is 11.8 Å². The van der Waals surface area contributed by atoms with Crippen molar-refractivity contribution in [3.8, 4) is 0 Å². The Kier molecular flexibility index (Phi) is 6.39. The molecule has 0 aromatic carbocycles. The van der Waals surface area contributed by atoms with Gasteiger partial charge in [0, 0.05) is 26.7 Å². The smallest absolute Gasteiger partial charge is 0.269 e. The third-order valence-corrected chi connectivity index (χ3v) is 4.30. The van der Waals surface area contributed by atoms with Crippen LogP contribution in [0.3, 0.4) is 0 Å². The topological polar surface area (TPSA) is 59.4 Å². The minimum Gasteiger partial charge on any atom is -0.383 e. The minimum absolute atomic E-state index is 0.00994. The van der Waals surface area contributed by atoms with Gasteiger partial charge in [0.2, 0.25) is 0 Å². The summed E-state index contributed by atoms with van der Waals surface area (Å²) in [6.07, 6.45) is 2.27. The monoisotopic (exact) mass is 308 g/mol. The van der Waals surface area contributed by atoms with Crippen molar-refractivity contribution in [3.05, 3.63) is 17.5 Å². The fourth-order valence-corrected chi connectivity index (χ4v) is 2.93. The molecule has 1 aromatic heterocycles. The van der Waals surface area contributed by atoms with Gasteiger partial charge in [-0.3, -0.25) is 9.48 Å². The average Bonchev–Trinajstić information content (AvgIpc) is 2.92. The summed E-state index contributed by atoms with van der Waals surface area (Å²) in [6, 6.07) is 1.85. The van der Waals surface area contributed by atoms with E-state index in [-0.39, 0.29) is 5.91 Å². The largest absolute Gasteiger partial charge is 0.383 e. The highest BCUT2D eigenvalue weighted by atomic mass is 16.5. The van der Waals surface area contributed by atoms with Crippen LogP contribution in [0.1, 0.15) is 35.9 Å². The molecule has 1 amide bonds. The second-order valence-corrected chi connectivity index (χ2v) is 5.97. The summed E-state index contributed by atoms with van der Waals surface area (Å²) >= 11 is 0. The van der Waals surface area contributed by atoms with E-state index >= 15 is 0 Å². The van der Waals surface area contributed by atoms with Gasteiger partial charge in [0.1, 0.15) is 5.69 Å². The second-order valence-electron chi connectivity index (χ2n) is 5.97. The molecule has 6 heteroatoms. The van der Waals surface area contributed by atoms with E-state index in [0.29, 0.717) is 18.2 Å². The first-order valence-electron chi connectivity index (χ1n) is 8.18. The number of hydrogen-bond acceptors (Lipinski definition) is 4. The molecule has 0 radical (unpaired) electrons. The number of nitrogens with zero attached hydrogens (tertiary/aromatic N) is 3. The van der Waals surface area contributed by atoms with Crippen molar-refractivity contribution in [1.82, 2.24) is 20.0 Å². The van der Waals surface area contributed by atoms with Crippen LogP contribution in [0.25, 0.3) is 0 Å². The zero-order valence-electron chi connectivity index (χ0n) is 14.0. The lowest BCUT2D eigenvalue weighted by atomic mass is 9.97. The van der Waals surface area contributed by atoms with Gasteiger partial charge in [0.05, 0.1) is 12.3 Å². The molecule has 124 valence electrons. The van der Waals surface area contributed by atoms with E-state index in [9.17, 15) is 4.79 Å². The van der Waals surface area contributed by atoms with Crippen molar-refractivity contribution >= 4 is 5.91 Å². The highest BCUT2D eigenvalue weighted by molar-refractivity contribution is 5.92. The predicted molar refractivity (Wildman–Crippen MR) is 86.0 cm³/mol. The van der Waals surface area contributed by atoms with Crippen molar-refractivity contribution in [1.29, 1.82) is 0 Å². The van der Waals surface area contributed by atoms with Gasteiger partial charge in [-0.15, -0.1) is 0 Å². The molecule has 2 rings (SSSR count). The lowest BCUT2D eigenvalue weighted by molar-refractivity contribution is 0.0915. The van der Waals surface area contributed by atoms with Crippen LogP contribution in [0.2, 0.25) is 0 Å². The highest BCUT2D eigenvalue weighted by Crippen LogP contribution is 2.16. The van der Waals surface area contributed by atoms with Crippen LogP contribution >= 0.6 is 0 Å². The molecule has 1 aromatic rings. The van der Waals surface area contributed by atoms with Crippen molar-refractivity contribution in [2.45, 2.75) is 33.2 Å². The number of aromatic nitrogens is 2. The quantitative estimate of drug-likeness (QED) is 0.825. The Morgan fingerprint density at radius 2 is 2.18 bits per heavy atom. The second kappa shape index (κ2) is 8.29. The molecule has 0 unspecified atom stereocenters. The number of amides is 1. The third kappa shape index (κ3) is 4.55. The third-order valence-electron chi connectivity index (χ3n) is 4.30. The molecule has 0 bridgehead atoms. The summed E-state index contributed by atoms with van der Waals surface area (Å²) in [7, 11) is 1.74. The number of nitrogens with one attached hydrogen (secondary N) is 1. The molecule has 1 fully saturated rings. The number of hydrogen-bond donors (Lipinski definition) is 1. The molecule has 1 N–H and O–H groups in total. The van der Waals surface area contributed by atoms with E-state index < -0.39 is 0 Å². The van der Waals surface area contributed by atoms with E-state index in [1.807, 2.05) is 19.9 Å². The number of piperidine rings is 1. The minimum atomic E-state index is -0.00994. The lowest BCUT2D eigenvalue weighted by Crippen LogP contribution is -2.40. The Morgan fingerprint density at radius 1 is 1.45 bits per heavy atom. The first-order valence-corrected chi connectivity index (χ1v) is 8.18. The van der Waals surface area contributed by atoms with Crippen LogP contribution in [-0.2, 0) is 11.3 Å². The molecular weight excluding hydrogens is 280 g/mol. The van der Waals surface area contributed by atoms with E-state index in [4.69, 9.17) is 4.74 Å². The molecule has 2 heterocycles. The van der Waals surface area contributed by atoms with Crippen LogP contribution in [0.5, 0.6) is 0 Å². The van der Waals surface area contributed by atoms with Crippen LogP contribution in [0, 0.1) is 12.8 Å². The molecule has 0 aliphatic carbocycles. The maximum atomic E-state index is 12.3. The molecule has 1 aliphatic rings. The van der Waals surface area contributed by atoms with Gasteiger partial charge in [-0.2, -0.15) is 5.10 Å².